The van der Waals surface area contributed by atoms with E-state index >= 15 is 0 Å². The zero-order valence-electron chi connectivity index (χ0n) is 16.9. The zero-order chi connectivity index (χ0) is 21.1. The first-order valence-electron chi connectivity index (χ1n) is 9.78. The van der Waals surface area contributed by atoms with Crippen LogP contribution in [-0.2, 0) is 20.7 Å². The number of rotatable bonds is 6. The van der Waals surface area contributed by atoms with Crippen LogP contribution in [0.4, 0.5) is 0 Å². The van der Waals surface area contributed by atoms with Crippen molar-refractivity contribution in [3.8, 4) is 11.5 Å². The van der Waals surface area contributed by atoms with Crippen molar-refractivity contribution in [2.45, 2.75) is 26.4 Å². The van der Waals surface area contributed by atoms with Crippen molar-refractivity contribution in [3.05, 3.63) is 59.4 Å². The first kappa shape index (κ1) is 19.8. The van der Waals surface area contributed by atoms with Crippen LogP contribution < -0.4 is 14.8 Å². The summed E-state index contributed by atoms with van der Waals surface area (Å²) in [4.78, 5) is 24.2. The van der Waals surface area contributed by atoms with E-state index in [9.17, 15) is 9.59 Å². The van der Waals surface area contributed by atoms with Crippen LogP contribution in [0.3, 0.4) is 0 Å². The fraction of sp³-hybridized carbons (Fsp3) is 0.304. The third kappa shape index (κ3) is 4.25. The van der Waals surface area contributed by atoms with Crippen molar-refractivity contribution in [2.75, 3.05) is 19.8 Å². The average molecular weight is 409 g/mol. The molecule has 3 aromatic rings. The van der Waals surface area contributed by atoms with Gasteiger partial charge in [0.1, 0.15) is 18.3 Å². The maximum Gasteiger partial charge on any atom is 0.310 e. The van der Waals surface area contributed by atoms with Gasteiger partial charge >= 0.3 is 5.97 Å². The average Bonchev–Trinajstić information content (AvgIpc) is 3.16. The Hall–Kier alpha value is -3.48. The lowest BCUT2D eigenvalue weighted by Gasteiger charge is -2.26. The van der Waals surface area contributed by atoms with Crippen LogP contribution in [0.15, 0.2) is 47.1 Å². The zero-order valence-corrected chi connectivity index (χ0v) is 16.9. The maximum absolute atomic E-state index is 12.2. The highest BCUT2D eigenvalue weighted by Gasteiger charge is 2.21. The van der Waals surface area contributed by atoms with E-state index in [4.69, 9.17) is 18.6 Å². The molecule has 156 valence electrons. The molecule has 1 aromatic heterocycles. The highest BCUT2D eigenvalue weighted by atomic mass is 16.6. The maximum atomic E-state index is 12.2. The molecule has 0 fully saturated rings. The number of para-hydroxylation sites is 2. The number of nitrogens with one attached hydrogen (secondary N) is 1. The Bertz CT molecular complexity index is 1090. The van der Waals surface area contributed by atoms with Gasteiger partial charge in [-0.25, -0.2) is 0 Å². The summed E-state index contributed by atoms with van der Waals surface area (Å²) < 4.78 is 22.1. The second-order valence-electron chi connectivity index (χ2n) is 7.28. The van der Waals surface area contributed by atoms with Crippen molar-refractivity contribution < 1.29 is 28.2 Å². The van der Waals surface area contributed by atoms with E-state index in [1.807, 2.05) is 50.2 Å². The Morgan fingerprint density at radius 1 is 1.13 bits per heavy atom. The van der Waals surface area contributed by atoms with Gasteiger partial charge in [0.25, 0.3) is 5.91 Å². The van der Waals surface area contributed by atoms with Crippen LogP contribution in [-0.4, -0.2) is 37.7 Å². The SMILES string of the molecule is Cc1ccc2c(CC(=O)OCC(=O)NC[C@@H]3COc4ccccc4O3)coc2c1C. The highest BCUT2D eigenvalue weighted by molar-refractivity contribution is 5.89. The number of carbonyl (C=O) groups excluding carboxylic acids is 2. The van der Waals surface area contributed by atoms with E-state index in [0.717, 1.165) is 27.7 Å². The summed E-state index contributed by atoms with van der Waals surface area (Å²) in [5.74, 6) is 0.449. The first-order valence-corrected chi connectivity index (χ1v) is 9.78. The number of esters is 1. The highest BCUT2D eigenvalue weighted by Crippen LogP contribution is 2.30. The molecular weight excluding hydrogens is 386 g/mol. The molecule has 1 N–H and O–H groups in total. The van der Waals surface area contributed by atoms with Gasteiger partial charge in [-0.2, -0.15) is 0 Å². The van der Waals surface area contributed by atoms with Gasteiger partial charge in [0.05, 0.1) is 19.2 Å². The van der Waals surface area contributed by atoms with Gasteiger partial charge in [0, 0.05) is 10.9 Å². The molecule has 1 aliphatic rings. The number of hydrogen-bond donors (Lipinski definition) is 1. The van der Waals surface area contributed by atoms with Crippen LogP contribution in [0.5, 0.6) is 11.5 Å². The third-order valence-electron chi connectivity index (χ3n) is 5.14. The molecule has 1 aliphatic heterocycles. The molecule has 0 unspecified atom stereocenters. The summed E-state index contributed by atoms with van der Waals surface area (Å²) in [5.41, 5.74) is 3.68. The lowest BCUT2D eigenvalue weighted by Crippen LogP contribution is -2.42. The molecule has 7 heteroatoms. The second-order valence-corrected chi connectivity index (χ2v) is 7.28. The number of ether oxygens (including phenoxy) is 3. The van der Waals surface area contributed by atoms with Gasteiger partial charge in [-0.05, 0) is 37.1 Å². The Labute approximate surface area is 173 Å². The van der Waals surface area contributed by atoms with Crippen molar-refractivity contribution in [3.63, 3.8) is 0 Å². The summed E-state index contributed by atoms with van der Waals surface area (Å²) in [6, 6.07) is 11.3. The van der Waals surface area contributed by atoms with Crippen LogP contribution in [0.2, 0.25) is 0 Å². The molecule has 0 spiro atoms. The molecule has 2 aromatic carbocycles. The minimum atomic E-state index is -0.489. The third-order valence-corrected chi connectivity index (χ3v) is 5.14. The second kappa shape index (κ2) is 8.49. The topological polar surface area (TPSA) is 87.0 Å². The number of amides is 1. The number of carbonyl (C=O) groups is 2. The number of aryl methyl sites for hydroxylation is 2. The standard InChI is InChI=1S/C23H23NO6/c1-14-7-8-18-16(11-29-23(18)15(14)2)9-22(26)28-13-21(25)24-10-17-12-27-19-5-3-4-6-20(19)30-17/h3-8,11,17H,9-10,12-13H2,1-2H3,(H,24,25)/t17-/m1/s1. The van der Waals surface area contributed by atoms with Crippen molar-refractivity contribution in [1.29, 1.82) is 0 Å². The van der Waals surface area contributed by atoms with Gasteiger partial charge in [0.2, 0.25) is 0 Å². The molecule has 0 saturated carbocycles. The number of furan rings is 1. The van der Waals surface area contributed by atoms with Gasteiger partial charge < -0.3 is 23.9 Å². The van der Waals surface area contributed by atoms with E-state index < -0.39 is 11.9 Å². The van der Waals surface area contributed by atoms with Gasteiger partial charge in [-0.1, -0.05) is 24.3 Å². The number of hydrogen-bond acceptors (Lipinski definition) is 6. The van der Waals surface area contributed by atoms with Crippen LogP contribution in [0.25, 0.3) is 11.0 Å². The monoisotopic (exact) mass is 409 g/mol. The molecule has 0 radical (unpaired) electrons. The summed E-state index contributed by atoms with van der Waals surface area (Å²) >= 11 is 0. The Balaban J connectivity index is 1.24. The molecule has 1 atom stereocenters. The Morgan fingerprint density at radius 2 is 1.93 bits per heavy atom. The summed E-state index contributed by atoms with van der Waals surface area (Å²) in [6.45, 7) is 4.23. The Morgan fingerprint density at radius 3 is 2.77 bits per heavy atom. The fourth-order valence-electron chi connectivity index (χ4n) is 3.32. The van der Waals surface area contributed by atoms with Crippen LogP contribution >= 0.6 is 0 Å². The van der Waals surface area contributed by atoms with Crippen molar-refractivity contribution >= 4 is 22.8 Å². The summed E-state index contributed by atoms with van der Waals surface area (Å²) in [7, 11) is 0. The van der Waals surface area contributed by atoms with Gasteiger partial charge in [0.15, 0.2) is 18.1 Å². The quantitative estimate of drug-likeness (QED) is 0.630. The molecule has 0 aliphatic carbocycles. The van der Waals surface area contributed by atoms with Crippen LogP contribution in [0.1, 0.15) is 16.7 Å². The molecule has 4 rings (SSSR count). The van der Waals surface area contributed by atoms with Crippen LogP contribution in [0, 0.1) is 13.8 Å². The molecule has 1 amide bonds. The largest absolute Gasteiger partial charge is 0.486 e. The molecular formula is C23H23NO6. The molecule has 7 nitrogen and oxygen atoms in total. The van der Waals surface area contributed by atoms with Crippen molar-refractivity contribution in [1.82, 2.24) is 5.32 Å². The van der Waals surface area contributed by atoms with Gasteiger partial charge in [-0.15, -0.1) is 0 Å². The molecule has 30 heavy (non-hydrogen) atoms. The van der Waals surface area contributed by atoms with Crippen molar-refractivity contribution in [2.24, 2.45) is 0 Å². The van der Waals surface area contributed by atoms with Gasteiger partial charge in [-0.3, -0.25) is 9.59 Å². The minimum absolute atomic E-state index is 0.0408. The minimum Gasteiger partial charge on any atom is -0.486 e. The van der Waals surface area contributed by atoms with E-state index in [-0.39, 0.29) is 25.7 Å². The lowest BCUT2D eigenvalue weighted by molar-refractivity contribution is -0.148. The number of fused-ring (bicyclic) bond motifs is 2. The van der Waals surface area contributed by atoms with E-state index in [0.29, 0.717) is 18.1 Å². The van der Waals surface area contributed by atoms with E-state index in [1.165, 1.54) is 0 Å². The summed E-state index contributed by atoms with van der Waals surface area (Å²) in [5, 5.41) is 3.58. The van der Waals surface area contributed by atoms with E-state index in [1.54, 1.807) is 6.26 Å². The molecule has 2 heterocycles. The molecule has 0 saturated heterocycles. The predicted molar refractivity (Wildman–Crippen MR) is 110 cm³/mol. The smallest absolute Gasteiger partial charge is 0.310 e. The summed E-state index contributed by atoms with van der Waals surface area (Å²) in [6.07, 6.45) is 1.30. The first-order chi connectivity index (χ1) is 14.5. The molecule has 0 bridgehead atoms. The normalized spacial score (nSPS) is 15.1. The van der Waals surface area contributed by atoms with E-state index in [2.05, 4.69) is 5.32 Å². The fourth-order valence-corrected chi connectivity index (χ4v) is 3.32. The predicted octanol–water partition coefficient (Wildman–Crippen LogP) is 3.09. The Kier molecular flexibility index (Phi) is 5.61. The number of benzene rings is 2. The lowest BCUT2D eigenvalue weighted by atomic mass is 10.0.